The Kier molecular flexibility index (Phi) is 7.78. The quantitative estimate of drug-likeness (QED) is 0.286. The van der Waals surface area contributed by atoms with Crippen molar-refractivity contribution < 1.29 is 32.6 Å². The van der Waals surface area contributed by atoms with Gasteiger partial charge in [-0.3, -0.25) is 19.5 Å². The molecule has 2 unspecified atom stereocenters. The number of rotatable bonds is 6. The van der Waals surface area contributed by atoms with Crippen LogP contribution in [-0.4, -0.2) is 50.7 Å². The number of anilines is 2. The highest BCUT2D eigenvalue weighted by atomic mass is 19.1. The van der Waals surface area contributed by atoms with Gasteiger partial charge >= 0.3 is 6.03 Å². The fraction of sp³-hybridized carbons (Fsp3) is 0.226. The topological polar surface area (TPSA) is 126 Å². The van der Waals surface area contributed by atoms with Crippen LogP contribution in [0.2, 0.25) is 0 Å². The zero-order valence-corrected chi connectivity index (χ0v) is 23.0. The van der Waals surface area contributed by atoms with Gasteiger partial charge < -0.3 is 20.1 Å². The second-order valence-electron chi connectivity index (χ2n) is 10.7. The monoisotopic (exact) mass is 605 g/mol. The minimum absolute atomic E-state index is 0.0671. The summed E-state index contributed by atoms with van der Waals surface area (Å²) in [5.74, 6) is -3.28. The summed E-state index contributed by atoms with van der Waals surface area (Å²) in [7, 11) is 0. The summed E-state index contributed by atoms with van der Waals surface area (Å²) in [6, 6.07) is 11.5. The number of halogens is 3. The molecule has 3 N–H and O–H groups in total. The molecule has 2 aromatic heterocycles. The minimum atomic E-state index is -1.03. The lowest BCUT2D eigenvalue weighted by molar-refractivity contribution is 0.102. The minimum Gasteiger partial charge on any atom is -0.454 e. The van der Waals surface area contributed by atoms with Gasteiger partial charge in [0.1, 0.15) is 22.9 Å². The summed E-state index contributed by atoms with van der Waals surface area (Å²) in [6.07, 6.45) is 3.74. The molecule has 0 bridgehead atoms. The maximum atomic E-state index is 15.0. The molecule has 2 fully saturated rings. The fourth-order valence-electron chi connectivity index (χ4n) is 5.66. The third-order valence-electron chi connectivity index (χ3n) is 7.77. The van der Waals surface area contributed by atoms with E-state index in [9.17, 15) is 32.7 Å². The molecule has 1 saturated heterocycles. The van der Waals surface area contributed by atoms with Crippen molar-refractivity contribution in [2.45, 2.75) is 18.9 Å². The number of aromatic nitrogens is 2. The summed E-state index contributed by atoms with van der Waals surface area (Å²) < 4.78 is 49.8. The number of nitrogens with one attached hydrogen (secondary N) is 2. The molecule has 1 aliphatic heterocycles. The molecule has 1 saturated carbocycles. The van der Waals surface area contributed by atoms with Crippen molar-refractivity contribution in [3.8, 4) is 17.2 Å². The first-order valence-electron chi connectivity index (χ1n) is 13.8. The molecule has 2 aliphatic rings. The number of hydrogen-bond donors (Lipinski definition) is 3. The van der Waals surface area contributed by atoms with Crippen LogP contribution in [0.5, 0.6) is 11.5 Å². The highest BCUT2D eigenvalue weighted by Gasteiger charge is 2.41. The predicted molar refractivity (Wildman–Crippen MR) is 153 cm³/mol. The smallest absolute Gasteiger partial charge is 0.323 e. The predicted octanol–water partition coefficient (Wildman–Crippen LogP) is 4.93. The second kappa shape index (κ2) is 11.8. The van der Waals surface area contributed by atoms with E-state index in [1.165, 1.54) is 48.8 Å². The lowest BCUT2D eigenvalue weighted by Crippen LogP contribution is -2.34. The molecular weight excluding hydrogens is 579 g/mol. The maximum Gasteiger partial charge on any atom is 0.323 e. The first kappa shape index (κ1) is 28.9. The third kappa shape index (κ3) is 5.99. The van der Waals surface area contributed by atoms with Gasteiger partial charge in [0, 0.05) is 49.4 Å². The lowest BCUT2D eigenvalue weighted by atomic mass is 10.0. The zero-order chi connectivity index (χ0) is 31.0. The average molecular weight is 606 g/mol. The van der Waals surface area contributed by atoms with Crippen LogP contribution in [0.15, 0.2) is 77.9 Å². The van der Waals surface area contributed by atoms with Gasteiger partial charge in [-0.1, -0.05) is 0 Å². The van der Waals surface area contributed by atoms with Crippen molar-refractivity contribution in [2.24, 2.45) is 11.8 Å². The highest BCUT2D eigenvalue weighted by Crippen LogP contribution is 2.38. The summed E-state index contributed by atoms with van der Waals surface area (Å²) in [4.78, 5) is 44.2. The van der Waals surface area contributed by atoms with Crippen molar-refractivity contribution in [3.63, 3.8) is 0 Å². The van der Waals surface area contributed by atoms with E-state index in [-0.39, 0.29) is 41.1 Å². The van der Waals surface area contributed by atoms with Crippen molar-refractivity contribution in [3.05, 3.63) is 106 Å². The molecule has 226 valence electrons. The summed E-state index contributed by atoms with van der Waals surface area (Å²) in [5, 5.41) is 14.7. The van der Waals surface area contributed by atoms with Gasteiger partial charge in [-0.15, -0.1) is 0 Å². The maximum absolute atomic E-state index is 15.0. The number of hydrogen-bond acceptors (Lipinski definition) is 6. The van der Waals surface area contributed by atoms with Crippen LogP contribution < -0.4 is 20.9 Å². The summed E-state index contributed by atoms with van der Waals surface area (Å²) in [5.41, 5.74) is -1.31. The molecule has 13 heteroatoms. The van der Waals surface area contributed by atoms with Gasteiger partial charge in [0.25, 0.3) is 11.5 Å². The Hall–Kier alpha value is -5.17. The number of aliphatic hydroxyl groups is 1. The van der Waals surface area contributed by atoms with Crippen molar-refractivity contribution in [1.82, 2.24) is 14.5 Å². The average Bonchev–Trinajstić information content (AvgIpc) is 3.54. The van der Waals surface area contributed by atoms with Crippen LogP contribution in [-0.2, 0) is 0 Å². The number of fused-ring (bicyclic) bond motifs is 1. The third-order valence-corrected chi connectivity index (χ3v) is 7.77. The van der Waals surface area contributed by atoms with E-state index in [2.05, 4.69) is 15.6 Å². The molecular formula is C31H26F3N5O5. The van der Waals surface area contributed by atoms with Crippen LogP contribution >= 0.6 is 0 Å². The van der Waals surface area contributed by atoms with Gasteiger partial charge in [0.05, 0.1) is 11.8 Å². The number of aliphatic hydroxyl groups excluding tert-OH is 1. The molecule has 0 radical (unpaired) electrons. The summed E-state index contributed by atoms with van der Waals surface area (Å²) >= 11 is 0. The van der Waals surface area contributed by atoms with E-state index >= 15 is 0 Å². The molecule has 44 heavy (non-hydrogen) atoms. The van der Waals surface area contributed by atoms with Crippen LogP contribution in [0.25, 0.3) is 5.69 Å². The van der Waals surface area contributed by atoms with E-state index in [0.717, 1.165) is 28.8 Å². The van der Waals surface area contributed by atoms with Crippen molar-refractivity contribution >= 4 is 23.4 Å². The van der Waals surface area contributed by atoms with E-state index < -0.39 is 40.4 Å². The molecule has 2 aromatic carbocycles. The Labute approximate surface area is 248 Å². The van der Waals surface area contributed by atoms with Crippen LogP contribution in [0.1, 0.15) is 23.2 Å². The molecule has 4 aromatic rings. The second-order valence-corrected chi connectivity index (χ2v) is 10.7. The number of carbonyl (C=O) groups excluding carboxylic acids is 2. The SMILES string of the molecule is O=C(Nc1cc(F)c(Oc2ccnc(NC(=O)N3CC4CC(O)C[C@H]4C3)c2)cc1F)c1cccn(-c2ccc(F)cc2)c1=O. The van der Waals surface area contributed by atoms with Crippen LogP contribution in [0.4, 0.5) is 29.5 Å². The first-order valence-corrected chi connectivity index (χ1v) is 13.8. The van der Waals surface area contributed by atoms with Gasteiger partial charge in [-0.2, -0.15) is 0 Å². The summed E-state index contributed by atoms with van der Waals surface area (Å²) in [6.45, 7) is 1.07. The molecule has 10 nitrogen and oxygen atoms in total. The first-order chi connectivity index (χ1) is 21.1. The fourth-order valence-corrected chi connectivity index (χ4v) is 5.66. The van der Waals surface area contributed by atoms with Crippen molar-refractivity contribution in [1.29, 1.82) is 0 Å². The molecule has 1 aliphatic carbocycles. The van der Waals surface area contributed by atoms with E-state index in [4.69, 9.17) is 4.74 Å². The van der Waals surface area contributed by atoms with Crippen molar-refractivity contribution in [2.75, 3.05) is 23.7 Å². The number of amides is 3. The Balaban J connectivity index is 1.12. The van der Waals surface area contributed by atoms with Gasteiger partial charge in [0.2, 0.25) is 0 Å². The Bertz CT molecular complexity index is 1780. The number of likely N-dealkylation sites (tertiary alicyclic amines) is 1. The van der Waals surface area contributed by atoms with E-state index in [0.29, 0.717) is 31.6 Å². The molecule has 6 rings (SSSR count). The highest BCUT2D eigenvalue weighted by molar-refractivity contribution is 6.04. The normalized spacial score (nSPS) is 19.0. The molecule has 0 spiro atoms. The standard InChI is InChI=1S/C31H26F3N5O5/c32-19-3-5-20(6-4-19)39-9-1-2-23(30(39)42)29(41)36-26-13-25(34)27(14-24(26)33)44-22-7-8-35-28(12-22)37-31(43)38-15-17-10-21(40)11-18(17)16-38/h1-9,12-14,17-18,21,40H,10-11,15-16H2,(H,36,41)(H,35,37,43)/t17-,18?,21?/m0/s1. The Morgan fingerprint density at radius 2 is 1.66 bits per heavy atom. The number of ether oxygens (including phenoxy) is 1. The van der Waals surface area contributed by atoms with Crippen LogP contribution in [0, 0.1) is 29.3 Å². The van der Waals surface area contributed by atoms with Crippen LogP contribution in [0.3, 0.4) is 0 Å². The number of urea groups is 1. The van der Waals surface area contributed by atoms with Gasteiger partial charge in [-0.05, 0) is 67.1 Å². The van der Waals surface area contributed by atoms with E-state index in [1.807, 2.05) is 0 Å². The number of benzene rings is 2. The number of nitrogens with zero attached hydrogens (tertiary/aromatic N) is 3. The lowest BCUT2D eigenvalue weighted by Gasteiger charge is -2.18. The molecule has 3 heterocycles. The van der Waals surface area contributed by atoms with Gasteiger partial charge in [0.15, 0.2) is 17.4 Å². The molecule has 3 amide bonds. The Morgan fingerprint density at radius 3 is 2.39 bits per heavy atom. The Morgan fingerprint density at radius 1 is 0.932 bits per heavy atom. The number of pyridine rings is 2. The number of carbonyl (C=O) groups is 2. The van der Waals surface area contributed by atoms with E-state index in [1.54, 1.807) is 4.90 Å². The largest absolute Gasteiger partial charge is 0.454 e. The molecule has 3 atom stereocenters. The zero-order valence-electron chi connectivity index (χ0n) is 23.0. The van der Waals surface area contributed by atoms with Gasteiger partial charge in [-0.25, -0.2) is 22.9 Å².